The van der Waals surface area contributed by atoms with Gasteiger partial charge in [0.05, 0.1) is 26.0 Å². The number of morpholine rings is 1. The van der Waals surface area contributed by atoms with E-state index in [2.05, 4.69) is 15.9 Å². The lowest BCUT2D eigenvalue weighted by Gasteiger charge is -2.42. The summed E-state index contributed by atoms with van der Waals surface area (Å²) in [5.41, 5.74) is 6.71. The van der Waals surface area contributed by atoms with Crippen molar-refractivity contribution in [3.63, 3.8) is 0 Å². The third-order valence-corrected chi connectivity index (χ3v) is 4.99. The lowest BCUT2D eigenvalue weighted by molar-refractivity contribution is -0.00185. The SMILES string of the molecule is COC1=C(N)C=CC(N2CCC(N3CCOCC3)CC2)C1. The molecular weight excluding hydrogens is 266 g/mol. The van der Waals surface area contributed by atoms with Crippen LogP contribution in [0.5, 0.6) is 0 Å². The fraction of sp³-hybridized carbons (Fsp3) is 0.750. The van der Waals surface area contributed by atoms with Crippen molar-refractivity contribution in [1.82, 2.24) is 9.80 Å². The van der Waals surface area contributed by atoms with E-state index < -0.39 is 0 Å². The van der Waals surface area contributed by atoms with Crippen molar-refractivity contribution < 1.29 is 9.47 Å². The first-order valence-corrected chi connectivity index (χ1v) is 8.04. The zero-order valence-corrected chi connectivity index (χ0v) is 13.0. The van der Waals surface area contributed by atoms with Crippen molar-refractivity contribution in [1.29, 1.82) is 0 Å². The Morgan fingerprint density at radius 1 is 1.14 bits per heavy atom. The lowest BCUT2D eigenvalue weighted by Crippen LogP contribution is -2.51. The zero-order chi connectivity index (χ0) is 14.7. The van der Waals surface area contributed by atoms with Gasteiger partial charge in [-0.15, -0.1) is 0 Å². The monoisotopic (exact) mass is 293 g/mol. The summed E-state index contributed by atoms with van der Waals surface area (Å²) < 4.78 is 10.8. The number of likely N-dealkylation sites (tertiary alicyclic amines) is 1. The molecule has 2 aliphatic heterocycles. The molecule has 1 atom stereocenters. The molecule has 1 unspecified atom stereocenters. The van der Waals surface area contributed by atoms with Crippen molar-refractivity contribution in [3.05, 3.63) is 23.6 Å². The molecule has 1 aliphatic carbocycles. The number of piperidine rings is 1. The second-order valence-corrected chi connectivity index (χ2v) is 6.13. The quantitative estimate of drug-likeness (QED) is 0.839. The second kappa shape index (κ2) is 6.81. The van der Waals surface area contributed by atoms with Crippen LogP contribution in [0.15, 0.2) is 23.6 Å². The number of rotatable bonds is 3. The number of hydrogen-bond acceptors (Lipinski definition) is 5. The fourth-order valence-corrected chi connectivity index (χ4v) is 3.66. The summed E-state index contributed by atoms with van der Waals surface area (Å²) in [6, 6.07) is 1.18. The van der Waals surface area contributed by atoms with Crippen LogP contribution in [0, 0.1) is 0 Å². The van der Waals surface area contributed by atoms with Gasteiger partial charge in [0.25, 0.3) is 0 Å². The molecule has 0 spiro atoms. The van der Waals surface area contributed by atoms with Crippen LogP contribution in [-0.4, -0.2) is 68.4 Å². The zero-order valence-electron chi connectivity index (χ0n) is 13.0. The number of allylic oxidation sites excluding steroid dienone is 1. The molecule has 0 aromatic heterocycles. The van der Waals surface area contributed by atoms with Gasteiger partial charge in [-0.25, -0.2) is 0 Å². The molecule has 0 saturated carbocycles. The van der Waals surface area contributed by atoms with E-state index >= 15 is 0 Å². The molecule has 21 heavy (non-hydrogen) atoms. The highest BCUT2D eigenvalue weighted by Gasteiger charge is 2.29. The minimum Gasteiger partial charge on any atom is -0.499 e. The Bertz CT molecular complexity index is 408. The molecule has 2 fully saturated rings. The largest absolute Gasteiger partial charge is 0.499 e. The van der Waals surface area contributed by atoms with Gasteiger partial charge in [-0.2, -0.15) is 0 Å². The maximum absolute atomic E-state index is 5.93. The van der Waals surface area contributed by atoms with Crippen molar-refractivity contribution in [2.75, 3.05) is 46.5 Å². The number of hydrogen-bond donors (Lipinski definition) is 1. The van der Waals surface area contributed by atoms with E-state index in [4.69, 9.17) is 15.2 Å². The summed E-state index contributed by atoms with van der Waals surface area (Å²) in [5.74, 6) is 0.929. The summed E-state index contributed by atoms with van der Waals surface area (Å²) >= 11 is 0. The van der Waals surface area contributed by atoms with E-state index in [0.717, 1.165) is 63.3 Å². The molecule has 3 rings (SSSR count). The second-order valence-electron chi connectivity index (χ2n) is 6.13. The Balaban J connectivity index is 1.51. The molecule has 0 bridgehead atoms. The highest BCUT2D eigenvalue weighted by atomic mass is 16.5. The molecule has 2 heterocycles. The molecular formula is C16H27N3O2. The van der Waals surface area contributed by atoms with E-state index in [1.807, 2.05) is 6.08 Å². The first-order valence-electron chi connectivity index (χ1n) is 8.04. The molecule has 2 saturated heterocycles. The Morgan fingerprint density at radius 3 is 2.52 bits per heavy atom. The van der Waals surface area contributed by atoms with Crippen LogP contribution in [-0.2, 0) is 9.47 Å². The molecule has 0 radical (unpaired) electrons. The molecule has 3 aliphatic rings. The van der Waals surface area contributed by atoms with E-state index in [-0.39, 0.29) is 0 Å². The van der Waals surface area contributed by atoms with Crippen LogP contribution < -0.4 is 5.73 Å². The first kappa shape index (κ1) is 14.9. The van der Waals surface area contributed by atoms with Gasteiger partial charge < -0.3 is 15.2 Å². The number of nitrogens with two attached hydrogens (primary N) is 1. The van der Waals surface area contributed by atoms with Crippen LogP contribution in [0.2, 0.25) is 0 Å². The van der Waals surface area contributed by atoms with Crippen molar-refractivity contribution in [2.45, 2.75) is 31.3 Å². The smallest absolute Gasteiger partial charge is 0.120 e. The molecule has 2 N–H and O–H groups in total. The molecule has 5 heteroatoms. The number of nitrogens with zero attached hydrogens (tertiary/aromatic N) is 2. The van der Waals surface area contributed by atoms with Crippen LogP contribution in [0.1, 0.15) is 19.3 Å². The van der Waals surface area contributed by atoms with Crippen molar-refractivity contribution in [3.8, 4) is 0 Å². The van der Waals surface area contributed by atoms with E-state index in [9.17, 15) is 0 Å². The van der Waals surface area contributed by atoms with Crippen LogP contribution in [0.3, 0.4) is 0 Å². The van der Waals surface area contributed by atoms with Gasteiger partial charge in [0, 0.05) is 44.7 Å². The Hall–Kier alpha value is -1.04. The Labute approximate surface area is 127 Å². The molecule has 0 aromatic rings. The van der Waals surface area contributed by atoms with Gasteiger partial charge in [-0.05, 0) is 18.9 Å². The van der Waals surface area contributed by atoms with Crippen LogP contribution >= 0.6 is 0 Å². The summed E-state index contributed by atoms with van der Waals surface area (Å²) in [6.45, 7) is 6.31. The van der Waals surface area contributed by atoms with Crippen molar-refractivity contribution >= 4 is 0 Å². The maximum Gasteiger partial charge on any atom is 0.120 e. The standard InChI is InChI=1S/C16H27N3O2/c1-20-16-12-14(2-3-15(16)17)18-6-4-13(5-7-18)19-8-10-21-11-9-19/h2-3,13-14H,4-12,17H2,1H3. The molecule has 0 amide bonds. The molecule has 5 nitrogen and oxygen atoms in total. The minimum absolute atomic E-state index is 0.442. The van der Waals surface area contributed by atoms with E-state index in [1.54, 1.807) is 7.11 Å². The Morgan fingerprint density at radius 2 is 1.86 bits per heavy atom. The predicted octanol–water partition coefficient (Wildman–Crippen LogP) is 0.928. The van der Waals surface area contributed by atoms with Crippen LogP contribution in [0.4, 0.5) is 0 Å². The number of methoxy groups -OCH3 is 1. The van der Waals surface area contributed by atoms with Crippen molar-refractivity contribution in [2.24, 2.45) is 5.73 Å². The number of ether oxygens (including phenoxy) is 2. The average molecular weight is 293 g/mol. The summed E-state index contributed by atoms with van der Waals surface area (Å²) in [5, 5.41) is 0. The Kier molecular flexibility index (Phi) is 4.83. The molecule has 0 aromatic carbocycles. The first-order chi connectivity index (χ1) is 10.3. The highest BCUT2D eigenvalue weighted by Crippen LogP contribution is 2.25. The van der Waals surface area contributed by atoms with Gasteiger partial charge in [0.2, 0.25) is 0 Å². The third kappa shape index (κ3) is 3.42. The van der Waals surface area contributed by atoms with Gasteiger partial charge in [-0.3, -0.25) is 9.80 Å². The fourth-order valence-electron chi connectivity index (χ4n) is 3.66. The van der Waals surface area contributed by atoms with E-state index in [0.29, 0.717) is 6.04 Å². The predicted molar refractivity (Wildman–Crippen MR) is 82.8 cm³/mol. The summed E-state index contributed by atoms with van der Waals surface area (Å²) in [6.07, 6.45) is 7.65. The van der Waals surface area contributed by atoms with Gasteiger partial charge in [0.15, 0.2) is 0 Å². The van der Waals surface area contributed by atoms with Crippen LogP contribution in [0.25, 0.3) is 0 Å². The van der Waals surface area contributed by atoms with Gasteiger partial charge >= 0.3 is 0 Å². The summed E-state index contributed by atoms with van der Waals surface area (Å²) in [4.78, 5) is 5.18. The third-order valence-electron chi connectivity index (χ3n) is 4.99. The molecule has 118 valence electrons. The minimum atomic E-state index is 0.442. The topological polar surface area (TPSA) is 51.0 Å². The van der Waals surface area contributed by atoms with Gasteiger partial charge in [-0.1, -0.05) is 6.08 Å². The van der Waals surface area contributed by atoms with Gasteiger partial charge in [0.1, 0.15) is 5.76 Å². The highest BCUT2D eigenvalue weighted by molar-refractivity contribution is 5.26. The average Bonchev–Trinajstić information content (AvgIpc) is 2.56. The lowest BCUT2D eigenvalue weighted by atomic mass is 9.97. The normalized spacial score (nSPS) is 29.9. The maximum atomic E-state index is 5.93. The summed E-state index contributed by atoms with van der Waals surface area (Å²) in [7, 11) is 1.71. The van der Waals surface area contributed by atoms with E-state index in [1.165, 1.54) is 12.8 Å².